The first-order valence-corrected chi connectivity index (χ1v) is 8.87. The van der Waals surface area contributed by atoms with Crippen LogP contribution in [0.25, 0.3) is 21.8 Å². The highest BCUT2D eigenvalue weighted by Crippen LogP contribution is 2.35. The van der Waals surface area contributed by atoms with Crippen LogP contribution in [0.2, 0.25) is 5.15 Å². The number of benzene rings is 1. The van der Waals surface area contributed by atoms with Gasteiger partial charge in [-0.1, -0.05) is 17.7 Å². The van der Waals surface area contributed by atoms with Gasteiger partial charge in [-0.2, -0.15) is 10.2 Å². The number of halogens is 1. The molecule has 0 unspecified atom stereocenters. The van der Waals surface area contributed by atoms with Crippen LogP contribution in [0.3, 0.4) is 0 Å². The third-order valence-electron chi connectivity index (χ3n) is 4.35. The van der Waals surface area contributed by atoms with Crippen LogP contribution in [0.1, 0.15) is 6.42 Å². The minimum Gasteiger partial charge on any atom is -0.496 e. The summed E-state index contributed by atoms with van der Waals surface area (Å²) in [6.45, 7) is 1.33. The second kappa shape index (κ2) is 7.42. The summed E-state index contributed by atoms with van der Waals surface area (Å²) in [5.41, 5.74) is 2.25. The van der Waals surface area contributed by atoms with E-state index in [0.29, 0.717) is 29.8 Å². The van der Waals surface area contributed by atoms with Gasteiger partial charge in [-0.15, -0.1) is 0 Å². The molecule has 0 aliphatic heterocycles. The van der Waals surface area contributed by atoms with Crippen molar-refractivity contribution in [3.8, 4) is 5.75 Å². The summed E-state index contributed by atoms with van der Waals surface area (Å²) >= 11 is 6.47. The van der Waals surface area contributed by atoms with E-state index in [-0.39, 0.29) is 0 Å². The Hall–Kier alpha value is -2.84. The highest BCUT2D eigenvalue weighted by atomic mass is 35.5. The van der Waals surface area contributed by atoms with Gasteiger partial charge in [0.1, 0.15) is 11.3 Å². The second-order valence-electron chi connectivity index (χ2n) is 6.02. The largest absolute Gasteiger partial charge is 0.496 e. The van der Waals surface area contributed by atoms with Crippen LogP contribution in [0.5, 0.6) is 5.75 Å². The van der Waals surface area contributed by atoms with E-state index in [1.54, 1.807) is 31.3 Å². The Bertz CT molecular complexity index is 1090. The average molecular weight is 387 g/mol. The van der Waals surface area contributed by atoms with Gasteiger partial charge in [-0.05, 0) is 18.6 Å². The Morgan fingerprint density at radius 2 is 2.15 bits per heavy atom. The molecular formula is C18H19ClN6O2. The molecule has 1 aromatic carbocycles. The van der Waals surface area contributed by atoms with Crippen molar-refractivity contribution in [3.63, 3.8) is 0 Å². The smallest absolute Gasteiger partial charge is 0.157 e. The molecule has 8 nitrogen and oxygen atoms in total. The van der Waals surface area contributed by atoms with Crippen LogP contribution in [0.4, 0.5) is 11.5 Å². The van der Waals surface area contributed by atoms with Crippen molar-refractivity contribution in [1.82, 2.24) is 25.0 Å². The summed E-state index contributed by atoms with van der Waals surface area (Å²) < 4.78 is 12.3. The zero-order chi connectivity index (χ0) is 18.8. The van der Waals surface area contributed by atoms with Gasteiger partial charge in [0.05, 0.1) is 36.1 Å². The first-order valence-electron chi connectivity index (χ1n) is 8.50. The molecule has 4 aromatic rings. The van der Waals surface area contributed by atoms with Crippen LogP contribution in [-0.4, -0.2) is 45.8 Å². The topological polar surface area (TPSA) is 89.9 Å². The van der Waals surface area contributed by atoms with Gasteiger partial charge in [0, 0.05) is 25.6 Å². The van der Waals surface area contributed by atoms with E-state index < -0.39 is 0 Å². The monoisotopic (exact) mass is 386 g/mol. The number of aromatic nitrogens is 5. The first kappa shape index (κ1) is 17.6. The zero-order valence-corrected chi connectivity index (χ0v) is 15.7. The number of fused-ring (bicyclic) bond motifs is 3. The summed E-state index contributed by atoms with van der Waals surface area (Å²) in [5.74, 6) is 1.38. The molecule has 0 amide bonds. The van der Waals surface area contributed by atoms with Crippen LogP contribution in [0, 0.1) is 0 Å². The molecule has 0 saturated heterocycles. The van der Waals surface area contributed by atoms with Crippen molar-refractivity contribution in [1.29, 1.82) is 0 Å². The van der Waals surface area contributed by atoms with E-state index in [1.807, 2.05) is 18.2 Å². The van der Waals surface area contributed by atoms with Gasteiger partial charge in [-0.25, -0.2) is 4.98 Å². The van der Waals surface area contributed by atoms with Crippen molar-refractivity contribution < 1.29 is 9.47 Å². The molecule has 0 spiro atoms. The Morgan fingerprint density at radius 3 is 2.96 bits per heavy atom. The molecule has 0 radical (unpaired) electrons. The van der Waals surface area contributed by atoms with Crippen molar-refractivity contribution >= 4 is 44.9 Å². The van der Waals surface area contributed by atoms with Gasteiger partial charge in [0.25, 0.3) is 0 Å². The summed E-state index contributed by atoms with van der Waals surface area (Å²) in [4.78, 5) is 4.73. The van der Waals surface area contributed by atoms with Gasteiger partial charge < -0.3 is 14.8 Å². The number of nitrogens with one attached hydrogen (secondary N) is 2. The molecule has 0 bridgehead atoms. The number of aryl methyl sites for hydroxylation is 1. The summed E-state index contributed by atoms with van der Waals surface area (Å²) in [6, 6.07) is 5.75. The standard InChI is InChI=1S/C18H19ClN6O2/c1-26-8-4-7-25-17(19)13(10-21-25)23-18-16-11(9-20-24-16)15-12(22-18)5-3-6-14(15)27-2/h3,5-6,9-10H,4,7-8H2,1-2H3,(H,20,24)(H,22,23). The Labute approximate surface area is 160 Å². The van der Waals surface area contributed by atoms with Crippen molar-refractivity contribution in [2.24, 2.45) is 0 Å². The number of H-pyrrole nitrogens is 1. The van der Waals surface area contributed by atoms with Crippen molar-refractivity contribution in [3.05, 3.63) is 35.7 Å². The lowest BCUT2D eigenvalue weighted by atomic mass is 10.1. The third kappa shape index (κ3) is 3.17. The fourth-order valence-corrected chi connectivity index (χ4v) is 3.30. The third-order valence-corrected chi connectivity index (χ3v) is 4.75. The van der Waals surface area contributed by atoms with E-state index in [1.165, 1.54) is 0 Å². The predicted molar refractivity (Wildman–Crippen MR) is 105 cm³/mol. The highest BCUT2D eigenvalue weighted by Gasteiger charge is 2.16. The lowest BCUT2D eigenvalue weighted by Gasteiger charge is -2.10. The minimum atomic E-state index is 0.520. The van der Waals surface area contributed by atoms with Gasteiger partial charge in [-0.3, -0.25) is 9.78 Å². The van der Waals surface area contributed by atoms with Gasteiger partial charge in [0.15, 0.2) is 11.0 Å². The van der Waals surface area contributed by atoms with Crippen molar-refractivity contribution in [2.75, 3.05) is 26.1 Å². The second-order valence-corrected chi connectivity index (χ2v) is 6.38. The number of ether oxygens (including phenoxy) is 2. The SMILES string of the molecule is COCCCn1ncc(Nc2nc3cccc(OC)c3c3cn[nH]c23)c1Cl. The number of aromatic amines is 1. The Kier molecular flexibility index (Phi) is 4.83. The summed E-state index contributed by atoms with van der Waals surface area (Å²) in [5, 5.41) is 17.1. The fourth-order valence-electron chi connectivity index (χ4n) is 3.07. The molecule has 0 saturated carbocycles. The maximum Gasteiger partial charge on any atom is 0.157 e. The molecule has 0 aliphatic carbocycles. The molecule has 0 aliphatic rings. The Balaban J connectivity index is 1.73. The van der Waals surface area contributed by atoms with Crippen LogP contribution in [-0.2, 0) is 11.3 Å². The molecule has 0 atom stereocenters. The zero-order valence-electron chi connectivity index (χ0n) is 15.0. The minimum absolute atomic E-state index is 0.520. The fraction of sp³-hybridized carbons (Fsp3) is 0.278. The van der Waals surface area contributed by atoms with Crippen molar-refractivity contribution in [2.45, 2.75) is 13.0 Å². The van der Waals surface area contributed by atoms with E-state index in [4.69, 9.17) is 26.1 Å². The first-order chi connectivity index (χ1) is 13.2. The molecular weight excluding hydrogens is 368 g/mol. The molecule has 2 N–H and O–H groups in total. The number of anilines is 2. The van der Waals surface area contributed by atoms with Crippen LogP contribution >= 0.6 is 11.6 Å². The maximum atomic E-state index is 6.47. The van der Waals surface area contributed by atoms with E-state index >= 15 is 0 Å². The van der Waals surface area contributed by atoms with E-state index in [2.05, 4.69) is 20.6 Å². The molecule has 3 aromatic heterocycles. The predicted octanol–water partition coefficient (Wildman–Crippen LogP) is 3.75. The molecule has 3 heterocycles. The van der Waals surface area contributed by atoms with Gasteiger partial charge >= 0.3 is 0 Å². The number of hydrogen-bond donors (Lipinski definition) is 2. The summed E-state index contributed by atoms with van der Waals surface area (Å²) in [7, 11) is 3.32. The van der Waals surface area contributed by atoms with Crippen LogP contribution in [0.15, 0.2) is 30.6 Å². The molecule has 140 valence electrons. The maximum absolute atomic E-state index is 6.47. The van der Waals surface area contributed by atoms with E-state index in [0.717, 1.165) is 34.0 Å². The molecule has 9 heteroatoms. The molecule has 27 heavy (non-hydrogen) atoms. The normalized spacial score (nSPS) is 11.4. The summed E-state index contributed by atoms with van der Waals surface area (Å²) in [6.07, 6.45) is 4.29. The quantitative estimate of drug-likeness (QED) is 0.470. The number of methoxy groups -OCH3 is 2. The lowest BCUT2D eigenvalue weighted by molar-refractivity contribution is 0.189. The lowest BCUT2D eigenvalue weighted by Crippen LogP contribution is -2.03. The average Bonchev–Trinajstić information content (AvgIpc) is 3.30. The number of nitrogens with zero attached hydrogens (tertiary/aromatic N) is 4. The highest BCUT2D eigenvalue weighted by molar-refractivity contribution is 6.32. The number of pyridine rings is 1. The van der Waals surface area contributed by atoms with E-state index in [9.17, 15) is 0 Å². The van der Waals surface area contributed by atoms with Gasteiger partial charge in [0.2, 0.25) is 0 Å². The number of rotatable bonds is 7. The Morgan fingerprint density at radius 1 is 1.26 bits per heavy atom. The molecule has 0 fully saturated rings. The number of hydrogen-bond acceptors (Lipinski definition) is 6. The van der Waals surface area contributed by atoms with Crippen LogP contribution < -0.4 is 10.1 Å². The molecule has 4 rings (SSSR count).